The maximum atomic E-state index is 11.6. The number of carboxylic acid groups (broad SMARTS) is 1. The molecule has 4 rings (SSSR count). The number of fused-ring (bicyclic) bond motifs is 1. The molecule has 2 atom stereocenters. The number of aromatic nitrogens is 1. The molecule has 2 aliphatic rings. The van der Waals surface area contributed by atoms with Crippen LogP contribution < -0.4 is 0 Å². The standard InChI is InChI=1S/C19H23N3O3S/c1-12-3-5-15(22(10-12)19(23)24)13-4-6-17-14(9-13)20-18(26-17)16-11-25-8-7-21(16)2/h4-6,9,12,16H,3,7-8,10-11H2,1-2H3,(H,23,24)/t12-,16?/m0/s1. The number of carbonyl (C=O) groups is 1. The second-order valence-electron chi connectivity index (χ2n) is 7.13. The van der Waals surface area contributed by atoms with Crippen LogP contribution in [0.15, 0.2) is 24.3 Å². The Balaban J connectivity index is 1.68. The number of nitrogens with zero attached hydrogens (tertiary/aromatic N) is 3. The summed E-state index contributed by atoms with van der Waals surface area (Å²) in [6, 6.07) is 6.25. The van der Waals surface area contributed by atoms with Gasteiger partial charge in [0.2, 0.25) is 0 Å². The zero-order valence-corrected chi connectivity index (χ0v) is 15.8. The molecule has 1 aromatic carbocycles. The number of morpholine rings is 1. The largest absolute Gasteiger partial charge is 0.465 e. The highest BCUT2D eigenvalue weighted by atomic mass is 32.1. The SMILES string of the molecule is C[C@H]1CC=C(c2ccc3sc(C4COCCN4C)nc3c2)N(C(=O)O)C1. The molecule has 0 saturated carbocycles. The lowest BCUT2D eigenvalue weighted by Crippen LogP contribution is -2.36. The average Bonchev–Trinajstić information content (AvgIpc) is 3.04. The number of thiazole rings is 1. The highest BCUT2D eigenvalue weighted by Crippen LogP contribution is 2.34. The average molecular weight is 373 g/mol. The van der Waals surface area contributed by atoms with Gasteiger partial charge in [-0.3, -0.25) is 9.80 Å². The van der Waals surface area contributed by atoms with Crippen molar-refractivity contribution in [3.63, 3.8) is 0 Å². The van der Waals surface area contributed by atoms with Gasteiger partial charge < -0.3 is 9.84 Å². The van der Waals surface area contributed by atoms with Crippen LogP contribution in [0, 0.1) is 5.92 Å². The molecule has 1 fully saturated rings. The first-order chi connectivity index (χ1) is 12.5. The monoisotopic (exact) mass is 373 g/mol. The van der Waals surface area contributed by atoms with E-state index in [1.165, 1.54) is 4.90 Å². The van der Waals surface area contributed by atoms with Crippen LogP contribution in [-0.4, -0.2) is 59.3 Å². The van der Waals surface area contributed by atoms with Gasteiger partial charge in [-0.1, -0.05) is 19.1 Å². The van der Waals surface area contributed by atoms with Crippen molar-refractivity contribution in [1.82, 2.24) is 14.8 Å². The molecule has 26 heavy (non-hydrogen) atoms. The van der Waals surface area contributed by atoms with Gasteiger partial charge >= 0.3 is 6.09 Å². The first-order valence-corrected chi connectivity index (χ1v) is 9.74. The summed E-state index contributed by atoms with van der Waals surface area (Å²) in [7, 11) is 2.10. The van der Waals surface area contributed by atoms with Gasteiger partial charge in [-0.05, 0) is 31.5 Å². The van der Waals surface area contributed by atoms with Crippen molar-refractivity contribution < 1.29 is 14.6 Å². The summed E-state index contributed by atoms with van der Waals surface area (Å²) in [4.78, 5) is 20.2. The van der Waals surface area contributed by atoms with E-state index in [-0.39, 0.29) is 6.04 Å². The highest BCUT2D eigenvalue weighted by Gasteiger charge is 2.27. The lowest BCUT2D eigenvalue weighted by atomic mass is 9.98. The molecular weight excluding hydrogens is 350 g/mol. The van der Waals surface area contributed by atoms with E-state index in [0.29, 0.717) is 19.1 Å². The minimum Gasteiger partial charge on any atom is -0.465 e. The van der Waals surface area contributed by atoms with Crippen LogP contribution in [0.1, 0.15) is 30.0 Å². The zero-order chi connectivity index (χ0) is 18.3. The number of hydrogen-bond donors (Lipinski definition) is 1. The molecule has 0 bridgehead atoms. The van der Waals surface area contributed by atoms with Gasteiger partial charge in [-0.25, -0.2) is 9.78 Å². The fourth-order valence-electron chi connectivity index (χ4n) is 3.56. The number of amides is 1. The van der Waals surface area contributed by atoms with Gasteiger partial charge in [0.1, 0.15) is 5.01 Å². The lowest BCUT2D eigenvalue weighted by molar-refractivity contribution is 0.00506. The van der Waals surface area contributed by atoms with Crippen molar-refractivity contribution in [3.8, 4) is 0 Å². The number of likely N-dealkylation sites (N-methyl/N-ethyl adjacent to an activating group) is 1. The Morgan fingerprint density at radius 2 is 2.27 bits per heavy atom. The van der Waals surface area contributed by atoms with Crippen molar-refractivity contribution >= 4 is 33.3 Å². The molecule has 0 spiro atoms. The predicted octanol–water partition coefficient (Wildman–Crippen LogP) is 3.66. The van der Waals surface area contributed by atoms with Crippen LogP contribution in [-0.2, 0) is 4.74 Å². The Bertz CT molecular complexity index is 863. The Labute approximate surface area is 156 Å². The Kier molecular flexibility index (Phi) is 4.69. The highest BCUT2D eigenvalue weighted by molar-refractivity contribution is 7.18. The summed E-state index contributed by atoms with van der Waals surface area (Å²) in [5.41, 5.74) is 2.61. The molecule has 0 radical (unpaired) electrons. The Morgan fingerprint density at radius 1 is 1.42 bits per heavy atom. The minimum absolute atomic E-state index is 0.190. The van der Waals surface area contributed by atoms with E-state index in [0.717, 1.165) is 46.1 Å². The molecule has 3 heterocycles. The molecule has 1 unspecified atom stereocenters. The predicted molar refractivity (Wildman–Crippen MR) is 102 cm³/mol. The van der Waals surface area contributed by atoms with Gasteiger partial charge in [0.05, 0.1) is 35.2 Å². The Hall–Kier alpha value is -1.96. The van der Waals surface area contributed by atoms with Crippen molar-refractivity contribution in [2.75, 3.05) is 33.4 Å². The fraction of sp³-hybridized carbons (Fsp3) is 0.474. The third kappa shape index (κ3) is 3.22. The molecule has 2 aromatic rings. The van der Waals surface area contributed by atoms with Crippen molar-refractivity contribution in [3.05, 3.63) is 34.8 Å². The van der Waals surface area contributed by atoms with Crippen LogP contribution in [0.2, 0.25) is 0 Å². The number of ether oxygens (including phenoxy) is 1. The summed E-state index contributed by atoms with van der Waals surface area (Å²) in [5, 5.41) is 10.6. The minimum atomic E-state index is -0.900. The van der Waals surface area contributed by atoms with Crippen LogP contribution in [0.3, 0.4) is 0 Å². The summed E-state index contributed by atoms with van der Waals surface area (Å²) >= 11 is 1.69. The molecular formula is C19H23N3O3S. The molecule has 2 aliphatic heterocycles. The van der Waals surface area contributed by atoms with Crippen LogP contribution in [0.4, 0.5) is 4.79 Å². The molecule has 0 aliphatic carbocycles. The van der Waals surface area contributed by atoms with E-state index in [9.17, 15) is 9.90 Å². The maximum absolute atomic E-state index is 11.6. The molecule has 6 nitrogen and oxygen atoms in total. The smallest absolute Gasteiger partial charge is 0.411 e. The third-order valence-electron chi connectivity index (χ3n) is 5.11. The number of benzene rings is 1. The second kappa shape index (κ2) is 6.98. The molecule has 138 valence electrons. The molecule has 1 aromatic heterocycles. The van der Waals surface area contributed by atoms with Crippen LogP contribution in [0.5, 0.6) is 0 Å². The van der Waals surface area contributed by atoms with Gasteiger partial charge in [0.25, 0.3) is 0 Å². The van der Waals surface area contributed by atoms with E-state index < -0.39 is 6.09 Å². The maximum Gasteiger partial charge on any atom is 0.411 e. The number of allylic oxidation sites excluding steroid dienone is 1. The molecule has 7 heteroatoms. The fourth-order valence-corrected chi connectivity index (χ4v) is 4.65. The molecule has 1 N–H and O–H groups in total. The topological polar surface area (TPSA) is 65.9 Å². The Morgan fingerprint density at radius 3 is 3.04 bits per heavy atom. The van der Waals surface area contributed by atoms with E-state index in [2.05, 4.69) is 24.9 Å². The van der Waals surface area contributed by atoms with Gasteiger partial charge in [-0.15, -0.1) is 11.3 Å². The van der Waals surface area contributed by atoms with Crippen molar-refractivity contribution in [2.45, 2.75) is 19.4 Å². The van der Waals surface area contributed by atoms with E-state index in [4.69, 9.17) is 9.72 Å². The van der Waals surface area contributed by atoms with Crippen molar-refractivity contribution in [1.29, 1.82) is 0 Å². The van der Waals surface area contributed by atoms with Crippen molar-refractivity contribution in [2.24, 2.45) is 5.92 Å². The molecule has 1 saturated heterocycles. The normalized spacial score (nSPS) is 24.7. The molecule has 1 amide bonds. The van der Waals surface area contributed by atoms with Gasteiger partial charge in [0.15, 0.2) is 0 Å². The zero-order valence-electron chi connectivity index (χ0n) is 15.0. The number of rotatable bonds is 2. The van der Waals surface area contributed by atoms with E-state index >= 15 is 0 Å². The van der Waals surface area contributed by atoms with Gasteiger partial charge in [-0.2, -0.15) is 0 Å². The van der Waals surface area contributed by atoms with Crippen LogP contribution >= 0.6 is 11.3 Å². The third-order valence-corrected chi connectivity index (χ3v) is 6.25. The summed E-state index contributed by atoms with van der Waals surface area (Å²) in [5.74, 6) is 0.339. The summed E-state index contributed by atoms with van der Waals surface area (Å²) in [6.07, 6.45) is 2.02. The first-order valence-electron chi connectivity index (χ1n) is 8.92. The van der Waals surface area contributed by atoms with Crippen LogP contribution in [0.25, 0.3) is 15.9 Å². The van der Waals surface area contributed by atoms with Gasteiger partial charge in [0, 0.05) is 18.7 Å². The van der Waals surface area contributed by atoms with E-state index in [1.807, 2.05) is 18.2 Å². The summed E-state index contributed by atoms with van der Waals surface area (Å²) in [6.45, 7) is 4.94. The number of hydrogen-bond acceptors (Lipinski definition) is 5. The lowest BCUT2D eigenvalue weighted by Gasteiger charge is -2.30. The first kappa shape index (κ1) is 17.5. The van der Waals surface area contributed by atoms with E-state index in [1.54, 1.807) is 11.3 Å². The quantitative estimate of drug-likeness (QED) is 0.870. The summed E-state index contributed by atoms with van der Waals surface area (Å²) < 4.78 is 6.74. The second-order valence-corrected chi connectivity index (χ2v) is 8.19.